The zero-order valence-electron chi connectivity index (χ0n) is 9.03. The molecule has 0 bridgehead atoms. The number of carbonyl (C=O) groups excluding carboxylic acids is 1. The highest BCUT2D eigenvalue weighted by Crippen LogP contribution is 2.12. The Hall–Kier alpha value is -0.610. The lowest BCUT2D eigenvalue weighted by molar-refractivity contribution is -0.143. The molecule has 1 amide bonds. The van der Waals surface area contributed by atoms with Crippen molar-refractivity contribution in [3.8, 4) is 0 Å². The molecule has 0 aromatic carbocycles. The average Bonchev–Trinajstić information content (AvgIpc) is 2.20. The van der Waals surface area contributed by atoms with Crippen molar-refractivity contribution in [1.29, 1.82) is 0 Å². The maximum Gasteiger partial charge on any atom is 0.227 e. The Bertz CT molecular complexity index is 193. The number of hydrogen-bond donors (Lipinski definition) is 1. The molecule has 0 aromatic heterocycles. The third-order valence-electron chi connectivity index (χ3n) is 2.78. The molecule has 1 fully saturated rings. The predicted octanol–water partition coefficient (Wildman–Crippen LogP) is 0.219. The van der Waals surface area contributed by atoms with Crippen molar-refractivity contribution >= 4 is 5.91 Å². The Morgan fingerprint density at radius 2 is 2.43 bits per heavy atom. The van der Waals surface area contributed by atoms with Gasteiger partial charge >= 0.3 is 0 Å². The van der Waals surface area contributed by atoms with Crippen LogP contribution in [-0.2, 0) is 9.53 Å². The minimum atomic E-state index is -0.0180. The highest BCUT2D eigenvalue weighted by atomic mass is 16.5. The summed E-state index contributed by atoms with van der Waals surface area (Å²) in [5.74, 6) is 0.168. The number of hydrogen-bond acceptors (Lipinski definition) is 3. The molecule has 14 heavy (non-hydrogen) atoms. The molecule has 2 N–H and O–H groups in total. The van der Waals surface area contributed by atoms with E-state index < -0.39 is 0 Å². The molecule has 0 saturated carbocycles. The van der Waals surface area contributed by atoms with Crippen LogP contribution >= 0.6 is 0 Å². The number of amides is 1. The molecule has 1 saturated heterocycles. The molecule has 2 atom stereocenters. The van der Waals surface area contributed by atoms with Crippen molar-refractivity contribution < 1.29 is 9.53 Å². The van der Waals surface area contributed by atoms with Crippen LogP contribution in [0.3, 0.4) is 0 Å². The van der Waals surface area contributed by atoms with E-state index in [-0.39, 0.29) is 17.9 Å². The Balaban J connectivity index is 2.57. The van der Waals surface area contributed by atoms with Gasteiger partial charge in [0.1, 0.15) is 0 Å². The Labute approximate surface area is 85.4 Å². The van der Waals surface area contributed by atoms with Gasteiger partial charge in [0.15, 0.2) is 0 Å². The molecule has 4 nitrogen and oxygen atoms in total. The van der Waals surface area contributed by atoms with E-state index in [9.17, 15) is 4.79 Å². The van der Waals surface area contributed by atoms with Crippen LogP contribution in [-0.4, -0.2) is 43.2 Å². The van der Waals surface area contributed by atoms with Crippen LogP contribution in [0.2, 0.25) is 0 Å². The van der Waals surface area contributed by atoms with Crippen LogP contribution < -0.4 is 5.73 Å². The Kier molecular flexibility index (Phi) is 4.35. The number of nitrogens with zero attached hydrogens (tertiary/aromatic N) is 1. The highest BCUT2D eigenvalue weighted by molar-refractivity contribution is 5.79. The minimum absolute atomic E-state index is 0.0180. The lowest BCUT2D eigenvalue weighted by atomic mass is 10.0. The molecule has 0 aliphatic carbocycles. The molecule has 1 aliphatic heterocycles. The van der Waals surface area contributed by atoms with Crippen LogP contribution in [0.15, 0.2) is 0 Å². The topological polar surface area (TPSA) is 55.6 Å². The van der Waals surface area contributed by atoms with E-state index >= 15 is 0 Å². The molecule has 0 spiro atoms. The monoisotopic (exact) mass is 200 g/mol. The number of rotatable bonds is 3. The first-order valence-corrected chi connectivity index (χ1v) is 5.29. The predicted molar refractivity (Wildman–Crippen MR) is 54.8 cm³/mol. The van der Waals surface area contributed by atoms with E-state index in [0.717, 1.165) is 6.42 Å². The van der Waals surface area contributed by atoms with Crippen molar-refractivity contribution in [3.05, 3.63) is 0 Å². The van der Waals surface area contributed by atoms with Gasteiger partial charge in [-0.05, 0) is 13.3 Å². The Morgan fingerprint density at radius 3 is 2.93 bits per heavy atom. The summed E-state index contributed by atoms with van der Waals surface area (Å²) in [6.07, 6.45) is 0.819. The highest BCUT2D eigenvalue weighted by Gasteiger charge is 2.27. The van der Waals surface area contributed by atoms with Crippen molar-refractivity contribution in [2.24, 2.45) is 11.7 Å². The molecular formula is C10H20N2O2. The summed E-state index contributed by atoms with van der Waals surface area (Å²) in [7, 11) is 0. The van der Waals surface area contributed by atoms with Crippen LogP contribution in [0, 0.1) is 5.92 Å². The molecule has 1 unspecified atom stereocenters. The zero-order valence-corrected chi connectivity index (χ0v) is 9.03. The first-order chi connectivity index (χ1) is 6.70. The van der Waals surface area contributed by atoms with Gasteiger partial charge in [-0.2, -0.15) is 0 Å². The molecule has 0 aromatic rings. The van der Waals surface area contributed by atoms with E-state index in [1.54, 1.807) is 0 Å². The van der Waals surface area contributed by atoms with Gasteiger partial charge in [-0.25, -0.2) is 0 Å². The van der Waals surface area contributed by atoms with Gasteiger partial charge in [0, 0.05) is 13.1 Å². The average molecular weight is 200 g/mol. The van der Waals surface area contributed by atoms with Gasteiger partial charge in [0.25, 0.3) is 0 Å². The van der Waals surface area contributed by atoms with Crippen LogP contribution in [0.4, 0.5) is 0 Å². The maximum atomic E-state index is 12.0. The summed E-state index contributed by atoms with van der Waals surface area (Å²) in [6, 6.07) is 0.192. The van der Waals surface area contributed by atoms with Crippen LogP contribution in [0.1, 0.15) is 20.3 Å². The third kappa shape index (κ3) is 2.45. The fourth-order valence-corrected chi connectivity index (χ4v) is 1.73. The third-order valence-corrected chi connectivity index (χ3v) is 2.78. The first-order valence-electron chi connectivity index (χ1n) is 5.29. The minimum Gasteiger partial charge on any atom is -0.377 e. The van der Waals surface area contributed by atoms with E-state index in [1.165, 1.54) is 0 Å². The summed E-state index contributed by atoms with van der Waals surface area (Å²) in [5, 5.41) is 0. The van der Waals surface area contributed by atoms with Gasteiger partial charge in [0.05, 0.1) is 25.2 Å². The van der Waals surface area contributed by atoms with Gasteiger partial charge in [-0.15, -0.1) is 0 Å². The van der Waals surface area contributed by atoms with Gasteiger partial charge in [-0.1, -0.05) is 6.92 Å². The largest absolute Gasteiger partial charge is 0.377 e. The van der Waals surface area contributed by atoms with Crippen molar-refractivity contribution in [1.82, 2.24) is 4.90 Å². The molecule has 0 radical (unpaired) electrons. The van der Waals surface area contributed by atoms with Gasteiger partial charge in [-0.3, -0.25) is 4.79 Å². The van der Waals surface area contributed by atoms with E-state index in [4.69, 9.17) is 10.5 Å². The lowest BCUT2D eigenvalue weighted by Gasteiger charge is -2.35. The molecular weight excluding hydrogens is 180 g/mol. The number of carbonyl (C=O) groups is 1. The summed E-state index contributed by atoms with van der Waals surface area (Å²) < 4.78 is 5.28. The molecule has 82 valence electrons. The normalized spacial score (nSPS) is 24.8. The molecule has 4 heteroatoms. The second kappa shape index (κ2) is 5.32. The second-order valence-corrected chi connectivity index (χ2v) is 3.80. The SMILES string of the molecule is CCC(CN)C(=O)N1CCOC[C@H]1C. The fourth-order valence-electron chi connectivity index (χ4n) is 1.73. The van der Waals surface area contributed by atoms with Gasteiger partial charge < -0.3 is 15.4 Å². The van der Waals surface area contributed by atoms with Crippen molar-refractivity contribution in [3.63, 3.8) is 0 Å². The summed E-state index contributed by atoms with van der Waals surface area (Å²) in [6.45, 7) is 6.46. The number of morpholine rings is 1. The van der Waals surface area contributed by atoms with E-state index in [2.05, 4.69) is 0 Å². The molecule has 1 aliphatic rings. The van der Waals surface area contributed by atoms with Crippen molar-refractivity contribution in [2.75, 3.05) is 26.3 Å². The Morgan fingerprint density at radius 1 is 1.71 bits per heavy atom. The van der Waals surface area contributed by atoms with Gasteiger partial charge in [0.2, 0.25) is 5.91 Å². The summed E-state index contributed by atoms with van der Waals surface area (Å²) >= 11 is 0. The smallest absolute Gasteiger partial charge is 0.227 e. The maximum absolute atomic E-state index is 12.0. The molecule has 1 rings (SSSR count). The van der Waals surface area contributed by atoms with Crippen LogP contribution in [0.5, 0.6) is 0 Å². The van der Waals surface area contributed by atoms with E-state index in [0.29, 0.717) is 26.3 Å². The van der Waals surface area contributed by atoms with Crippen LogP contribution in [0.25, 0.3) is 0 Å². The molecule has 1 heterocycles. The van der Waals surface area contributed by atoms with E-state index in [1.807, 2.05) is 18.7 Å². The second-order valence-electron chi connectivity index (χ2n) is 3.80. The quantitative estimate of drug-likeness (QED) is 0.709. The van der Waals surface area contributed by atoms with Crippen molar-refractivity contribution in [2.45, 2.75) is 26.3 Å². The first kappa shape index (κ1) is 11.5. The standard InChI is InChI=1S/C10H20N2O2/c1-3-9(6-11)10(13)12-4-5-14-7-8(12)2/h8-9H,3-7,11H2,1-2H3/t8-,9?/m1/s1. The lowest BCUT2D eigenvalue weighted by Crippen LogP contribution is -2.50. The number of ether oxygens (including phenoxy) is 1. The summed E-state index contributed by atoms with van der Waals surface area (Å²) in [5.41, 5.74) is 5.56. The number of nitrogens with two attached hydrogens (primary N) is 1. The fraction of sp³-hybridized carbons (Fsp3) is 0.900. The zero-order chi connectivity index (χ0) is 10.6. The summed E-state index contributed by atoms with van der Waals surface area (Å²) in [4.78, 5) is 13.9.